The molecular formula is C20H11F4N7O. The van der Waals surface area contributed by atoms with Gasteiger partial charge in [-0.05, 0) is 28.8 Å². The molecule has 0 saturated carbocycles. The number of tetrazole rings is 1. The lowest BCUT2D eigenvalue weighted by molar-refractivity contribution is 0.116. The van der Waals surface area contributed by atoms with Crippen LogP contribution in [0.5, 0.6) is 0 Å². The first-order valence-electron chi connectivity index (χ1n) is 9.21. The lowest BCUT2D eigenvalue weighted by Crippen LogP contribution is -2.07. The van der Waals surface area contributed by atoms with Crippen LogP contribution in [-0.2, 0) is 6.54 Å². The van der Waals surface area contributed by atoms with Gasteiger partial charge in [0.15, 0.2) is 0 Å². The van der Waals surface area contributed by atoms with Gasteiger partial charge >= 0.3 is 6.43 Å². The molecule has 0 fully saturated rings. The third-order valence-electron chi connectivity index (χ3n) is 4.64. The molecule has 12 heteroatoms. The van der Waals surface area contributed by atoms with Crippen LogP contribution in [0.15, 0.2) is 53.1 Å². The molecule has 0 amide bonds. The molecule has 0 aliphatic rings. The summed E-state index contributed by atoms with van der Waals surface area (Å²) in [4.78, 5) is 5.39. The molecule has 3 aromatic heterocycles. The molecule has 0 bridgehead atoms. The molecule has 0 radical (unpaired) electrons. The van der Waals surface area contributed by atoms with E-state index >= 15 is 0 Å². The van der Waals surface area contributed by atoms with Gasteiger partial charge in [-0.1, -0.05) is 24.3 Å². The fourth-order valence-electron chi connectivity index (χ4n) is 3.16. The zero-order valence-corrected chi connectivity index (χ0v) is 16.0. The van der Waals surface area contributed by atoms with E-state index in [1.54, 1.807) is 6.20 Å². The minimum absolute atomic E-state index is 0.0883. The summed E-state index contributed by atoms with van der Waals surface area (Å²) in [7, 11) is 0. The summed E-state index contributed by atoms with van der Waals surface area (Å²) in [5, 5.41) is 20.3. The van der Waals surface area contributed by atoms with Crippen molar-refractivity contribution in [3.63, 3.8) is 0 Å². The number of hydrogen-bond acceptors (Lipinski definition) is 7. The van der Waals surface area contributed by atoms with Gasteiger partial charge in [0.2, 0.25) is 5.82 Å². The Kier molecular flexibility index (Phi) is 4.81. The van der Waals surface area contributed by atoms with Gasteiger partial charge in [-0.25, -0.2) is 8.78 Å². The van der Waals surface area contributed by atoms with Crippen molar-refractivity contribution in [3.05, 3.63) is 71.8 Å². The van der Waals surface area contributed by atoms with Crippen LogP contribution in [0.2, 0.25) is 0 Å². The van der Waals surface area contributed by atoms with Gasteiger partial charge in [-0.3, -0.25) is 4.98 Å². The maximum atomic E-state index is 14.6. The van der Waals surface area contributed by atoms with Gasteiger partial charge in [0.1, 0.15) is 17.3 Å². The second kappa shape index (κ2) is 7.80. The summed E-state index contributed by atoms with van der Waals surface area (Å²) < 4.78 is 59.0. The van der Waals surface area contributed by atoms with Crippen LogP contribution in [0.25, 0.3) is 33.7 Å². The topological polar surface area (TPSA) is 95.4 Å². The van der Waals surface area contributed by atoms with Crippen LogP contribution < -0.4 is 0 Å². The van der Waals surface area contributed by atoms with Crippen molar-refractivity contribution < 1.29 is 22.0 Å². The molecule has 32 heavy (non-hydrogen) atoms. The first kappa shape index (κ1) is 19.7. The van der Waals surface area contributed by atoms with E-state index in [2.05, 4.69) is 35.0 Å². The van der Waals surface area contributed by atoms with Crippen LogP contribution in [0.1, 0.15) is 17.9 Å². The molecule has 160 valence electrons. The summed E-state index contributed by atoms with van der Waals surface area (Å²) in [5.41, 5.74) is -0.0184. The molecule has 0 aliphatic carbocycles. The number of fused-ring (bicyclic) bond motifs is 1. The summed E-state index contributed by atoms with van der Waals surface area (Å²) in [6, 6.07) is 11.0. The predicted octanol–water partition coefficient (Wildman–Crippen LogP) is 4.20. The highest BCUT2D eigenvalue weighted by Crippen LogP contribution is 2.28. The summed E-state index contributed by atoms with van der Waals surface area (Å²) in [5.74, 6) is -3.07. The monoisotopic (exact) mass is 441 g/mol. The van der Waals surface area contributed by atoms with Gasteiger partial charge in [0.05, 0.1) is 12.1 Å². The van der Waals surface area contributed by atoms with Crippen molar-refractivity contribution in [2.24, 2.45) is 0 Å². The van der Waals surface area contributed by atoms with Crippen LogP contribution >= 0.6 is 0 Å². The Morgan fingerprint density at radius 3 is 2.62 bits per heavy atom. The average Bonchev–Trinajstić information content (AvgIpc) is 3.46. The van der Waals surface area contributed by atoms with E-state index in [1.807, 2.05) is 30.3 Å². The maximum Gasteiger partial charge on any atom is 0.314 e. The number of alkyl halides is 2. The highest BCUT2D eigenvalue weighted by molar-refractivity contribution is 5.92. The Morgan fingerprint density at radius 2 is 1.81 bits per heavy atom. The first-order valence-corrected chi connectivity index (χ1v) is 9.21. The lowest BCUT2D eigenvalue weighted by atomic mass is 10.1. The molecule has 2 aromatic carbocycles. The third kappa shape index (κ3) is 3.55. The zero-order valence-electron chi connectivity index (χ0n) is 16.0. The second-order valence-corrected chi connectivity index (χ2v) is 6.69. The standard InChI is InChI=1S/C20H11F4N7O/c21-14-8-13(19-27-28-20(32-19)17(23)24)15(22)7-11(14)9-31-29-18(26-30-31)16-12-4-2-1-3-10(12)5-6-25-16/h1-8,17H,9H2. The van der Waals surface area contributed by atoms with Crippen LogP contribution in [0.4, 0.5) is 17.6 Å². The minimum atomic E-state index is -3.02. The fraction of sp³-hybridized carbons (Fsp3) is 0.100. The molecule has 8 nitrogen and oxygen atoms in total. The van der Waals surface area contributed by atoms with Gasteiger partial charge in [0.25, 0.3) is 11.8 Å². The number of rotatable bonds is 5. The first-order chi connectivity index (χ1) is 15.5. The Balaban J connectivity index is 1.43. The Morgan fingerprint density at radius 1 is 0.969 bits per heavy atom. The van der Waals surface area contributed by atoms with E-state index in [0.717, 1.165) is 27.7 Å². The molecule has 5 aromatic rings. The number of aromatic nitrogens is 7. The molecule has 0 unspecified atom stereocenters. The van der Waals surface area contributed by atoms with Crippen molar-refractivity contribution >= 4 is 10.8 Å². The van der Waals surface area contributed by atoms with Crippen LogP contribution in [0.3, 0.4) is 0 Å². The number of benzene rings is 2. The maximum absolute atomic E-state index is 14.6. The predicted molar refractivity (Wildman–Crippen MR) is 102 cm³/mol. The number of halogens is 4. The third-order valence-corrected chi connectivity index (χ3v) is 4.64. The zero-order chi connectivity index (χ0) is 22.2. The van der Waals surface area contributed by atoms with Crippen molar-refractivity contribution in [2.75, 3.05) is 0 Å². The summed E-state index contributed by atoms with van der Waals surface area (Å²) in [6.07, 6.45) is -1.41. The highest BCUT2D eigenvalue weighted by Gasteiger charge is 2.21. The van der Waals surface area contributed by atoms with Gasteiger partial charge in [-0.2, -0.15) is 13.6 Å². The SMILES string of the molecule is Fc1cc(-c2nnc(C(F)F)o2)c(F)cc1Cn1nnc(-c2nccc3ccccc23)n1. The van der Waals surface area contributed by atoms with E-state index in [9.17, 15) is 17.6 Å². The van der Waals surface area contributed by atoms with E-state index in [1.165, 1.54) is 0 Å². The average molecular weight is 441 g/mol. The molecular weight excluding hydrogens is 430 g/mol. The van der Waals surface area contributed by atoms with E-state index in [4.69, 9.17) is 0 Å². The molecule has 0 aliphatic heterocycles. The van der Waals surface area contributed by atoms with E-state index < -0.39 is 35.4 Å². The smallest absolute Gasteiger partial charge is 0.314 e. The molecule has 0 spiro atoms. The van der Waals surface area contributed by atoms with Crippen molar-refractivity contribution in [1.29, 1.82) is 0 Å². The molecule has 3 heterocycles. The summed E-state index contributed by atoms with van der Waals surface area (Å²) in [6.45, 7) is -0.229. The molecule has 5 rings (SSSR count). The summed E-state index contributed by atoms with van der Waals surface area (Å²) >= 11 is 0. The van der Waals surface area contributed by atoms with E-state index in [0.29, 0.717) is 5.69 Å². The van der Waals surface area contributed by atoms with Gasteiger partial charge in [-0.15, -0.1) is 20.4 Å². The Hall–Kier alpha value is -4.22. The number of nitrogens with zero attached hydrogens (tertiary/aromatic N) is 7. The van der Waals surface area contributed by atoms with Crippen molar-refractivity contribution in [2.45, 2.75) is 13.0 Å². The molecule has 0 saturated heterocycles. The minimum Gasteiger partial charge on any atom is -0.415 e. The lowest BCUT2D eigenvalue weighted by Gasteiger charge is -2.05. The molecule has 0 N–H and O–H groups in total. The normalized spacial score (nSPS) is 11.5. The van der Waals surface area contributed by atoms with E-state index in [-0.39, 0.29) is 17.9 Å². The second-order valence-electron chi connectivity index (χ2n) is 6.69. The van der Waals surface area contributed by atoms with Crippen LogP contribution in [0, 0.1) is 11.6 Å². The Bertz CT molecular complexity index is 1430. The van der Waals surface area contributed by atoms with Gasteiger partial charge < -0.3 is 4.42 Å². The van der Waals surface area contributed by atoms with Crippen molar-refractivity contribution in [3.8, 4) is 23.0 Å². The Labute approximate surface area is 176 Å². The highest BCUT2D eigenvalue weighted by atomic mass is 19.3. The molecule has 0 atom stereocenters. The fourth-order valence-corrected chi connectivity index (χ4v) is 3.16. The van der Waals surface area contributed by atoms with Crippen molar-refractivity contribution in [1.82, 2.24) is 35.4 Å². The number of pyridine rings is 1. The van der Waals surface area contributed by atoms with Crippen LogP contribution in [-0.4, -0.2) is 35.4 Å². The number of hydrogen-bond donors (Lipinski definition) is 0. The van der Waals surface area contributed by atoms with Gasteiger partial charge in [0, 0.05) is 17.1 Å². The largest absolute Gasteiger partial charge is 0.415 e. The quantitative estimate of drug-likeness (QED) is 0.377.